The Balaban J connectivity index is 1.29. The molecule has 1 aliphatic heterocycles. The van der Waals surface area contributed by atoms with E-state index >= 15 is 0 Å². The third-order valence-electron chi connectivity index (χ3n) is 4.84. The molecule has 4 rings (SSSR count). The van der Waals surface area contributed by atoms with Crippen LogP contribution in [0.25, 0.3) is 0 Å². The van der Waals surface area contributed by atoms with Gasteiger partial charge in [0.05, 0.1) is 6.61 Å². The van der Waals surface area contributed by atoms with Gasteiger partial charge in [-0.1, -0.05) is 0 Å². The zero-order chi connectivity index (χ0) is 25.3. The molecule has 0 fully saturated rings. The minimum atomic E-state index is -0.802. The first-order valence-corrected chi connectivity index (χ1v) is 11.1. The first-order valence-electron chi connectivity index (χ1n) is 11.1. The van der Waals surface area contributed by atoms with E-state index in [9.17, 15) is 14.4 Å². The van der Waals surface area contributed by atoms with E-state index in [-0.39, 0.29) is 11.4 Å². The molecule has 1 aromatic heterocycles. The van der Waals surface area contributed by atoms with Crippen molar-refractivity contribution in [3.05, 3.63) is 66.4 Å². The molecule has 0 spiro atoms. The number of rotatable bonds is 8. The molecule has 0 radical (unpaired) electrons. The van der Waals surface area contributed by atoms with E-state index in [2.05, 4.69) is 20.9 Å². The summed E-state index contributed by atoms with van der Waals surface area (Å²) < 4.78 is 21.4. The van der Waals surface area contributed by atoms with Gasteiger partial charge in [-0.3, -0.25) is 10.1 Å². The SMILES string of the molecule is CCOc1ccc(Nc2ncccc2C(=O)OCC(=O)NC(=O)Nc2ccc3c(c2)OCCO3)cc1. The normalized spacial score (nSPS) is 11.7. The van der Waals surface area contributed by atoms with Crippen molar-refractivity contribution in [2.45, 2.75) is 6.92 Å². The highest BCUT2D eigenvalue weighted by molar-refractivity contribution is 6.03. The summed E-state index contributed by atoms with van der Waals surface area (Å²) in [5.74, 6) is 0.450. The molecule has 0 atom stereocenters. The Morgan fingerprint density at radius 3 is 2.50 bits per heavy atom. The monoisotopic (exact) mass is 492 g/mol. The van der Waals surface area contributed by atoms with E-state index in [0.29, 0.717) is 48.4 Å². The molecule has 36 heavy (non-hydrogen) atoms. The molecule has 1 aliphatic rings. The van der Waals surface area contributed by atoms with Crippen molar-refractivity contribution in [3.8, 4) is 17.2 Å². The number of imide groups is 1. The van der Waals surface area contributed by atoms with Gasteiger partial charge in [0.15, 0.2) is 18.1 Å². The number of fused-ring (bicyclic) bond motifs is 1. The van der Waals surface area contributed by atoms with Gasteiger partial charge in [-0.05, 0) is 55.5 Å². The number of anilines is 3. The van der Waals surface area contributed by atoms with Crippen molar-refractivity contribution in [1.29, 1.82) is 0 Å². The maximum absolute atomic E-state index is 12.6. The Labute approximate surface area is 206 Å². The number of nitrogens with one attached hydrogen (secondary N) is 3. The molecule has 11 heteroatoms. The number of aromatic nitrogens is 1. The minimum Gasteiger partial charge on any atom is -0.494 e. The van der Waals surface area contributed by atoms with Gasteiger partial charge in [0.1, 0.15) is 30.3 Å². The van der Waals surface area contributed by atoms with Crippen LogP contribution in [0.3, 0.4) is 0 Å². The molecule has 11 nitrogen and oxygen atoms in total. The molecule has 0 bridgehead atoms. The van der Waals surface area contributed by atoms with Crippen molar-refractivity contribution in [1.82, 2.24) is 10.3 Å². The minimum absolute atomic E-state index is 0.125. The second-order valence-electron chi connectivity index (χ2n) is 7.42. The average Bonchev–Trinajstić information content (AvgIpc) is 2.89. The number of benzene rings is 2. The summed E-state index contributed by atoms with van der Waals surface area (Å²) in [6, 6.07) is 14.3. The molecule has 2 heterocycles. The molecule has 0 saturated heterocycles. The van der Waals surface area contributed by atoms with Gasteiger partial charge in [-0.15, -0.1) is 0 Å². The summed E-state index contributed by atoms with van der Waals surface area (Å²) in [4.78, 5) is 41.0. The smallest absolute Gasteiger partial charge is 0.342 e. The summed E-state index contributed by atoms with van der Waals surface area (Å²) in [5, 5.41) is 7.66. The summed E-state index contributed by atoms with van der Waals surface area (Å²) in [6.07, 6.45) is 1.52. The van der Waals surface area contributed by atoms with Crippen LogP contribution in [0.5, 0.6) is 17.2 Å². The second-order valence-corrected chi connectivity index (χ2v) is 7.42. The fraction of sp³-hybridized carbons (Fsp3) is 0.200. The second kappa shape index (κ2) is 11.6. The molecule has 2 aromatic carbocycles. The van der Waals surface area contributed by atoms with Crippen LogP contribution in [0.15, 0.2) is 60.8 Å². The van der Waals surface area contributed by atoms with Gasteiger partial charge in [0, 0.05) is 23.6 Å². The highest BCUT2D eigenvalue weighted by Crippen LogP contribution is 2.32. The van der Waals surface area contributed by atoms with Crippen molar-refractivity contribution >= 4 is 35.1 Å². The quantitative estimate of drug-likeness (QED) is 0.404. The van der Waals surface area contributed by atoms with Crippen LogP contribution in [-0.4, -0.2) is 49.3 Å². The number of pyridine rings is 1. The van der Waals surface area contributed by atoms with E-state index in [1.165, 1.54) is 12.3 Å². The summed E-state index contributed by atoms with van der Waals surface area (Å²) in [5.41, 5.74) is 1.21. The highest BCUT2D eigenvalue weighted by Gasteiger charge is 2.18. The number of ether oxygens (including phenoxy) is 4. The van der Waals surface area contributed by atoms with Crippen LogP contribution in [0, 0.1) is 0 Å². The highest BCUT2D eigenvalue weighted by atomic mass is 16.6. The lowest BCUT2D eigenvalue weighted by Gasteiger charge is -2.19. The number of urea groups is 1. The van der Waals surface area contributed by atoms with Crippen LogP contribution in [-0.2, 0) is 9.53 Å². The molecule has 3 N–H and O–H groups in total. The predicted octanol–water partition coefficient (Wildman–Crippen LogP) is 3.50. The topological polar surface area (TPSA) is 137 Å². The number of carbonyl (C=O) groups is 3. The van der Waals surface area contributed by atoms with Gasteiger partial charge in [-0.2, -0.15) is 0 Å². The molecule has 0 aliphatic carbocycles. The lowest BCUT2D eigenvalue weighted by molar-refractivity contribution is -0.123. The number of nitrogens with zero attached hydrogens (tertiary/aromatic N) is 1. The largest absolute Gasteiger partial charge is 0.494 e. The van der Waals surface area contributed by atoms with Gasteiger partial charge in [-0.25, -0.2) is 14.6 Å². The van der Waals surface area contributed by atoms with E-state index < -0.39 is 24.5 Å². The third kappa shape index (κ3) is 6.41. The van der Waals surface area contributed by atoms with Gasteiger partial charge < -0.3 is 29.6 Å². The standard InChI is InChI=1S/C25H24N4O7/c1-2-33-18-8-5-16(6-9-18)27-23-19(4-3-11-26-23)24(31)36-15-22(30)29-25(32)28-17-7-10-20-21(14-17)35-13-12-34-20/h3-11,14H,2,12-13,15H2,1H3,(H,26,27)(H2,28,29,30,32). The number of hydrogen-bond acceptors (Lipinski definition) is 9. The molecular weight excluding hydrogens is 468 g/mol. The zero-order valence-electron chi connectivity index (χ0n) is 19.4. The van der Waals surface area contributed by atoms with Crippen molar-refractivity contribution in [2.75, 3.05) is 37.1 Å². The molecule has 0 unspecified atom stereocenters. The van der Waals surface area contributed by atoms with Crippen molar-refractivity contribution in [3.63, 3.8) is 0 Å². The number of amides is 3. The third-order valence-corrected chi connectivity index (χ3v) is 4.84. The average molecular weight is 492 g/mol. The summed E-state index contributed by atoms with van der Waals surface area (Å²) >= 11 is 0. The Morgan fingerprint density at radius 1 is 0.972 bits per heavy atom. The Bertz CT molecular complexity index is 1250. The number of hydrogen-bond donors (Lipinski definition) is 3. The number of esters is 1. The van der Waals surface area contributed by atoms with Crippen LogP contribution < -0.4 is 30.2 Å². The van der Waals surface area contributed by atoms with Crippen LogP contribution in [0.4, 0.5) is 22.0 Å². The van der Waals surface area contributed by atoms with Gasteiger partial charge in [0.2, 0.25) is 0 Å². The van der Waals surface area contributed by atoms with Gasteiger partial charge >= 0.3 is 12.0 Å². The lowest BCUT2D eigenvalue weighted by atomic mass is 10.2. The summed E-state index contributed by atoms with van der Waals surface area (Å²) in [6.45, 7) is 2.64. The van der Waals surface area contributed by atoms with Gasteiger partial charge in [0.25, 0.3) is 5.91 Å². The molecule has 3 amide bonds. The predicted molar refractivity (Wildman–Crippen MR) is 130 cm³/mol. The number of carbonyl (C=O) groups excluding carboxylic acids is 3. The maximum atomic E-state index is 12.6. The van der Waals surface area contributed by atoms with E-state index in [1.54, 1.807) is 48.5 Å². The van der Waals surface area contributed by atoms with E-state index in [1.807, 2.05) is 6.92 Å². The van der Waals surface area contributed by atoms with Crippen LogP contribution >= 0.6 is 0 Å². The molecule has 186 valence electrons. The van der Waals surface area contributed by atoms with Crippen molar-refractivity contribution in [2.24, 2.45) is 0 Å². The van der Waals surface area contributed by atoms with Crippen LogP contribution in [0.1, 0.15) is 17.3 Å². The fourth-order valence-electron chi connectivity index (χ4n) is 3.26. The lowest BCUT2D eigenvalue weighted by Crippen LogP contribution is -2.37. The molecule has 3 aromatic rings. The Kier molecular flexibility index (Phi) is 7.81. The molecule has 0 saturated carbocycles. The summed E-state index contributed by atoms with van der Waals surface area (Å²) in [7, 11) is 0. The van der Waals surface area contributed by atoms with E-state index in [0.717, 1.165) is 0 Å². The maximum Gasteiger partial charge on any atom is 0.342 e. The Morgan fingerprint density at radius 2 is 1.72 bits per heavy atom. The van der Waals surface area contributed by atoms with Crippen molar-refractivity contribution < 1.29 is 33.3 Å². The zero-order valence-corrected chi connectivity index (χ0v) is 19.4. The van der Waals surface area contributed by atoms with Crippen LogP contribution in [0.2, 0.25) is 0 Å². The first-order chi connectivity index (χ1) is 17.5. The van der Waals surface area contributed by atoms with E-state index in [4.69, 9.17) is 18.9 Å². The molecular formula is C25H24N4O7. The first kappa shape index (κ1) is 24.3. The fourth-order valence-corrected chi connectivity index (χ4v) is 3.26. The Hall–Kier alpha value is -4.80.